The highest BCUT2D eigenvalue weighted by atomic mass is 16.5. The molecule has 0 radical (unpaired) electrons. The Labute approximate surface area is 148 Å². The van der Waals surface area contributed by atoms with Crippen LogP contribution < -0.4 is 21.4 Å². The van der Waals surface area contributed by atoms with Gasteiger partial charge in [0.1, 0.15) is 11.3 Å². The Morgan fingerprint density at radius 3 is 2.69 bits per heavy atom. The van der Waals surface area contributed by atoms with Gasteiger partial charge in [-0.25, -0.2) is 4.79 Å². The second-order valence-corrected chi connectivity index (χ2v) is 5.47. The lowest BCUT2D eigenvalue weighted by Gasteiger charge is -2.09. The van der Waals surface area contributed by atoms with Crippen LogP contribution in [0.15, 0.2) is 57.7 Å². The number of amides is 2. The number of hydrogen-bond donors (Lipinski definition) is 2. The van der Waals surface area contributed by atoms with Crippen LogP contribution in [0, 0.1) is 0 Å². The molecule has 3 aromatic rings. The predicted octanol–water partition coefficient (Wildman–Crippen LogP) is 2.54. The lowest BCUT2D eigenvalue weighted by Crippen LogP contribution is -2.16. The molecule has 1 heterocycles. The van der Waals surface area contributed by atoms with E-state index in [1.54, 1.807) is 36.4 Å². The molecule has 7 nitrogen and oxygen atoms in total. The summed E-state index contributed by atoms with van der Waals surface area (Å²) in [7, 11) is 0. The highest BCUT2D eigenvalue weighted by Gasteiger charge is 2.15. The molecule has 0 atom stereocenters. The third-order valence-electron chi connectivity index (χ3n) is 3.68. The summed E-state index contributed by atoms with van der Waals surface area (Å²) in [6.07, 6.45) is 0. The van der Waals surface area contributed by atoms with Gasteiger partial charge in [-0.15, -0.1) is 0 Å². The van der Waals surface area contributed by atoms with Crippen molar-refractivity contribution in [3.05, 3.63) is 70.1 Å². The molecule has 0 aliphatic carbocycles. The third-order valence-corrected chi connectivity index (χ3v) is 3.68. The fraction of sp³-hybridized carbons (Fsp3) is 0.105. The quantitative estimate of drug-likeness (QED) is 0.685. The first-order valence-corrected chi connectivity index (χ1v) is 7.90. The van der Waals surface area contributed by atoms with Crippen LogP contribution in [0.2, 0.25) is 0 Å². The van der Waals surface area contributed by atoms with Crippen molar-refractivity contribution in [1.82, 2.24) is 0 Å². The monoisotopic (exact) mass is 352 g/mol. The molecule has 0 bridgehead atoms. The van der Waals surface area contributed by atoms with Crippen LogP contribution in [0.4, 0.5) is 5.69 Å². The molecule has 0 saturated heterocycles. The van der Waals surface area contributed by atoms with Crippen LogP contribution in [0.5, 0.6) is 5.75 Å². The maximum atomic E-state index is 12.6. The van der Waals surface area contributed by atoms with E-state index in [9.17, 15) is 14.4 Å². The smallest absolute Gasteiger partial charge is 0.337 e. The van der Waals surface area contributed by atoms with Crippen molar-refractivity contribution < 1.29 is 18.7 Å². The van der Waals surface area contributed by atoms with Gasteiger partial charge in [-0.3, -0.25) is 9.59 Å². The SMILES string of the molecule is CCOc1ccc2c(C(=O)Nc3cccc(C(N)=O)c3)cc(=O)oc2c1. The Morgan fingerprint density at radius 1 is 1.15 bits per heavy atom. The highest BCUT2D eigenvalue weighted by Crippen LogP contribution is 2.23. The van der Waals surface area contributed by atoms with Crippen molar-refractivity contribution in [1.29, 1.82) is 0 Å². The second-order valence-electron chi connectivity index (χ2n) is 5.47. The van der Waals surface area contributed by atoms with Gasteiger partial charge in [-0.1, -0.05) is 6.07 Å². The predicted molar refractivity (Wildman–Crippen MR) is 96.6 cm³/mol. The van der Waals surface area contributed by atoms with E-state index in [-0.39, 0.29) is 16.7 Å². The Hall–Kier alpha value is -3.61. The first-order valence-electron chi connectivity index (χ1n) is 7.90. The Balaban J connectivity index is 1.99. The molecular formula is C19H16N2O5. The number of ether oxygens (including phenoxy) is 1. The van der Waals surface area contributed by atoms with E-state index in [1.165, 1.54) is 6.07 Å². The number of rotatable bonds is 5. The number of fused-ring (bicyclic) bond motifs is 1. The molecule has 0 aliphatic rings. The van der Waals surface area contributed by atoms with Gasteiger partial charge in [0, 0.05) is 28.8 Å². The third kappa shape index (κ3) is 3.56. The molecule has 2 aromatic carbocycles. The molecule has 26 heavy (non-hydrogen) atoms. The average molecular weight is 352 g/mol. The standard InChI is InChI=1S/C19H16N2O5/c1-2-25-13-6-7-14-15(10-17(22)26-16(14)9-13)19(24)21-12-5-3-4-11(8-12)18(20)23/h3-10H,2H2,1H3,(H2,20,23)(H,21,24). The summed E-state index contributed by atoms with van der Waals surface area (Å²) in [4.78, 5) is 35.7. The molecular weight excluding hydrogens is 336 g/mol. The summed E-state index contributed by atoms with van der Waals surface area (Å²) in [5.41, 5.74) is 5.65. The highest BCUT2D eigenvalue weighted by molar-refractivity contribution is 6.12. The van der Waals surface area contributed by atoms with E-state index in [1.807, 2.05) is 6.92 Å². The fourth-order valence-corrected chi connectivity index (χ4v) is 2.54. The molecule has 0 spiro atoms. The first-order chi connectivity index (χ1) is 12.5. The zero-order valence-corrected chi connectivity index (χ0v) is 13.9. The number of benzene rings is 2. The minimum Gasteiger partial charge on any atom is -0.494 e. The number of hydrogen-bond acceptors (Lipinski definition) is 5. The number of nitrogens with one attached hydrogen (secondary N) is 1. The van der Waals surface area contributed by atoms with E-state index in [0.29, 0.717) is 23.4 Å². The Kier molecular flexibility index (Phi) is 4.70. The lowest BCUT2D eigenvalue weighted by atomic mass is 10.1. The molecule has 3 N–H and O–H groups in total. The first kappa shape index (κ1) is 17.2. The number of anilines is 1. The zero-order chi connectivity index (χ0) is 18.7. The molecule has 2 amide bonds. The molecule has 3 rings (SSSR count). The van der Waals surface area contributed by atoms with Crippen LogP contribution in [-0.4, -0.2) is 18.4 Å². The van der Waals surface area contributed by atoms with Crippen LogP contribution in [0.3, 0.4) is 0 Å². The number of carbonyl (C=O) groups excluding carboxylic acids is 2. The summed E-state index contributed by atoms with van der Waals surface area (Å²) in [5.74, 6) is -0.570. The molecule has 0 fully saturated rings. The molecule has 0 aliphatic heterocycles. The summed E-state index contributed by atoms with van der Waals surface area (Å²) >= 11 is 0. The minimum absolute atomic E-state index is 0.156. The van der Waals surface area contributed by atoms with E-state index >= 15 is 0 Å². The average Bonchev–Trinajstić information content (AvgIpc) is 2.61. The van der Waals surface area contributed by atoms with Crippen molar-refractivity contribution in [2.75, 3.05) is 11.9 Å². The molecule has 0 saturated carbocycles. The Bertz CT molecular complexity index is 1060. The van der Waals surface area contributed by atoms with Crippen molar-refractivity contribution >= 4 is 28.5 Å². The van der Waals surface area contributed by atoms with Crippen LogP contribution in [0.1, 0.15) is 27.6 Å². The van der Waals surface area contributed by atoms with Crippen molar-refractivity contribution in [2.24, 2.45) is 5.73 Å². The van der Waals surface area contributed by atoms with E-state index < -0.39 is 17.4 Å². The second kappa shape index (κ2) is 7.10. The minimum atomic E-state index is -0.651. The number of primary amides is 1. The number of nitrogens with two attached hydrogens (primary N) is 1. The normalized spacial score (nSPS) is 10.5. The molecule has 132 valence electrons. The van der Waals surface area contributed by atoms with Crippen LogP contribution in [-0.2, 0) is 0 Å². The van der Waals surface area contributed by atoms with E-state index in [4.69, 9.17) is 14.9 Å². The maximum absolute atomic E-state index is 12.6. The molecule has 1 aromatic heterocycles. The van der Waals surface area contributed by atoms with Gasteiger partial charge in [0.05, 0.1) is 12.2 Å². The number of carbonyl (C=O) groups is 2. The maximum Gasteiger partial charge on any atom is 0.337 e. The van der Waals surface area contributed by atoms with Gasteiger partial charge in [0.2, 0.25) is 5.91 Å². The zero-order valence-electron chi connectivity index (χ0n) is 13.9. The topological polar surface area (TPSA) is 112 Å². The summed E-state index contributed by atoms with van der Waals surface area (Å²) in [6, 6.07) is 12.2. The van der Waals surface area contributed by atoms with Crippen molar-refractivity contribution in [3.63, 3.8) is 0 Å². The van der Waals surface area contributed by atoms with Gasteiger partial charge in [0.15, 0.2) is 0 Å². The van der Waals surface area contributed by atoms with Gasteiger partial charge in [0.25, 0.3) is 5.91 Å². The van der Waals surface area contributed by atoms with Crippen molar-refractivity contribution in [3.8, 4) is 5.75 Å². The van der Waals surface area contributed by atoms with E-state index in [0.717, 1.165) is 6.07 Å². The molecule has 7 heteroatoms. The van der Waals surface area contributed by atoms with Crippen LogP contribution >= 0.6 is 0 Å². The largest absolute Gasteiger partial charge is 0.494 e. The Morgan fingerprint density at radius 2 is 1.96 bits per heavy atom. The van der Waals surface area contributed by atoms with Crippen LogP contribution in [0.25, 0.3) is 11.0 Å². The summed E-state index contributed by atoms with van der Waals surface area (Å²) < 4.78 is 10.5. The molecule has 0 unspecified atom stereocenters. The summed E-state index contributed by atoms with van der Waals surface area (Å²) in [6.45, 7) is 2.30. The summed E-state index contributed by atoms with van der Waals surface area (Å²) in [5, 5.41) is 3.12. The lowest BCUT2D eigenvalue weighted by molar-refractivity contribution is 0.0996. The van der Waals surface area contributed by atoms with Crippen molar-refractivity contribution in [2.45, 2.75) is 6.92 Å². The van der Waals surface area contributed by atoms with E-state index in [2.05, 4.69) is 5.32 Å². The fourth-order valence-electron chi connectivity index (χ4n) is 2.54. The van der Waals surface area contributed by atoms with Gasteiger partial charge >= 0.3 is 5.63 Å². The van der Waals surface area contributed by atoms with Gasteiger partial charge in [-0.05, 0) is 37.3 Å². The van der Waals surface area contributed by atoms with Gasteiger partial charge < -0.3 is 20.2 Å². The van der Waals surface area contributed by atoms with Gasteiger partial charge in [-0.2, -0.15) is 0 Å².